The highest BCUT2D eigenvalue weighted by atomic mass is 19.1. The van der Waals surface area contributed by atoms with Crippen LogP contribution in [0.4, 0.5) is 4.39 Å². The van der Waals surface area contributed by atoms with Crippen molar-refractivity contribution in [1.29, 1.82) is 0 Å². The highest BCUT2D eigenvalue weighted by Gasteiger charge is 2.32. The van der Waals surface area contributed by atoms with Crippen LogP contribution in [-0.2, 0) is 0 Å². The van der Waals surface area contributed by atoms with Crippen LogP contribution < -0.4 is 0 Å². The molecule has 0 saturated heterocycles. The Balaban J connectivity index is 2.32. The van der Waals surface area contributed by atoms with E-state index in [-0.39, 0.29) is 6.61 Å². The maximum atomic E-state index is 13.2. The Morgan fingerprint density at radius 2 is 1.89 bits per heavy atom. The molecule has 54 valence electrons. The van der Waals surface area contributed by atoms with Gasteiger partial charge in [0.05, 0.1) is 0 Å². The first-order valence-electron chi connectivity index (χ1n) is 3.57. The van der Waals surface area contributed by atoms with E-state index in [4.69, 9.17) is 5.11 Å². The smallest absolute Gasteiger partial charge is 0.113 e. The minimum atomic E-state index is -1.01. The first-order chi connectivity index (χ1) is 4.27. The molecule has 0 aromatic rings. The zero-order valence-electron chi connectivity index (χ0n) is 5.57. The van der Waals surface area contributed by atoms with E-state index in [1.807, 2.05) is 0 Å². The monoisotopic (exact) mass is 132 g/mol. The lowest BCUT2D eigenvalue weighted by Gasteiger charge is -2.16. The van der Waals surface area contributed by atoms with Crippen molar-refractivity contribution in [2.45, 2.75) is 37.8 Å². The number of aliphatic hydroxyl groups excluding tert-OH is 1. The molecule has 0 bridgehead atoms. The molecule has 2 heteroatoms. The number of hydrogen-bond donors (Lipinski definition) is 1. The molecule has 1 aliphatic carbocycles. The SMILES string of the molecule is OCCC1(F)CCCC1. The third-order valence-corrected chi connectivity index (χ3v) is 2.06. The van der Waals surface area contributed by atoms with E-state index in [0.717, 1.165) is 12.8 Å². The largest absolute Gasteiger partial charge is 0.396 e. The second kappa shape index (κ2) is 2.65. The third kappa shape index (κ3) is 1.65. The van der Waals surface area contributed by atoms with Gasteiger partial charge in [0.25, 0.3) is 0 Å². The van der Waals surface area contributed by atoms with E-state index in [1.54, 1.807) is 0 Å². The van der Waals surface area contributed by atoms with Crippen LogP contribution in [0, 0.1) is 0 Å². The van der Waals surface area contributed by atoms with Crippen molar-refractivity contribution in [2.75, 3.05) is 6.61 Å². The highest BCUT2D eigenvalue weighted by molar-refractivity contribution is 4.83. The van der Waals surface area contributed by atoms with E-state index in [0.29, 0.717) is 19.3 Å². The summed E-state index contributed by atoms with van der Waals surface area (Å²) < 4.78 is 13.2. The van der Waals surface area contributed by atoms with Gasteiger partial charge in [-0.15, -0.1) is 0 Å². The summed E-state index contributed by atoms with van der Waals surface area (Å²) in [7, 11) is 0. The molecule has 0 atom stereocenters. The van der Waals surface area contributed by atoms with Crippen molar-refractivity contribution >= 4 is 0 Å². The van der Waals surface area contributed by atoms with E-state index < -0.39 is 5.67 Å². The molecular formula is C7H13FO. The second-order valence-corrected chi connectivity index (χ2v) is 2.83. The van der Waals surface area contributed by atoms with Gasteiger partial charge in [0.15, 0.2) is 0 Å². The van der Waals surface area contributed by atoms with Crippen molar-refractivity contribution in [3.05, 3.63) is 0 Å². The first kappa shape index (κ1) is 7.00. The van der Waals surface area contributed by atoms with Crippen LogP contribution in [0.25, 0.3) is 0 Å². The van der Waals surface area contributed by atoms with Crippen molar-refractivity contribution < 1.29 is 9.50 Å². The molecule has 1 saturated carbocycles. The number of aliphatic hydroxyl groups is 1. The van der Waals surface area contributed by atoms with Crippen molar-refractivity contribution in [3.8, 4) is 0 Å². The van der Waals surface area contributed by atoms with Crippen LogP contribution in [0.2, 0.25) is 0 Å². The molecule has 0 radical (unpaired) electrons. The van der Waals surface area contributed by atoms with Gasteiger partial charge in [-0.3, -0.25) is 0 Å². The summed E-state index contributed by atoms with van der Waals surface area (Å²) in [5.41, 5.74) is -1.01. The van der Waals surface area contributed by atoms with Gasteiger partial charge in [0.2, 0.25) is 0 Å². The van der Waals surface area contributed by atoms with Crippen LogP contribution in [-0.4, -0.2) is 17.4 Å². The fourth-order valence-corrected chi connectivity index (χ4v) is 1.46. The molecule has 0 amide bonds. The number of alkyl halides is 1. The standard InChI is InChI=1S/C7H13FO/c8-7(5-6-9)3-1-2-4-7/h9H,1-6H2. The minimum Gasteiger partial charge on any atom is -0.396 e. The summed E-state index contributed by atoms with van der Waals surface area (Å²) in [6.07, 6.45) is 3.65. The highest BCUT2D eigenvalue weighted by Crippen LogP contribution is 2.35. The molecule has 9 heavy (non-hydrogen) atoms. The maximum absolute atomic E-state index is 13.2. The molecule has 1 aliphatic rings. The van der Waals surface area contributed by atoms with E-state index in [9.17, 15) is 4.39 Å². The minimum absolute atomic E-state index is 0.00347. The Labute approximate surface area is 54.9 Å². The van der Waals surface area contributed by atoms with E-state index in [1.165, 1.54) is 0 Å². The summed E-state index contributed by atoms with van der Waals surface area (Å²) in [6.45, 7) is -0.00347. The Morgan fingerprint density at radius 1 is 1.33 bits per heavy atom. The predicted octanol–water partition coefficient (Wildman–Crippen LogP) is 1.65. The average Bonchev–Trinajstić information content (AvgIpc) is 2.16. The topological polar surface area (TPSA) is 20.2 Å². The molecule has 1 N–H and O–H groups in total. The van der Waals surface area contributed by atoms with E-state index >= 15 is 0 Å². The third-order valence-electron chi connectivity index (χ3n) is 2.06. The van der Waals surface area contributed by atoms with Crippen LogP contribution in [0.15, 0.2) is 0 Å². The number of hydrogen-bond acceptors (Lipinski definition) is 1. The van der Waals surface area contributed by atoms with Gasteiger partial charge in [0, 0.05) is 13.0 Å². The van der Waals surface area contributed by atoms with Crippen LogP contribution in [0.1, 0.15) is 32.1 Å². The van der Waals surface area contributed by atoms with Crippen LogP contribution in [0.5, 0.6) is 0 Å². The Morgan fingerprint density at radius 3 is 2.33 bits per heavy atom. The Kier molecular flexibility index (Phi) is 2.06. The van der Waals surface area contributed by atoms with E-state index in [2.05, 4.69) is 0 Å². The fraction of sp³-hybridized carbons (Fsp3) is 1.00. The summed E-state index contributed by atoms with van der Waals surface area (Å²) >= 11 is 0. The lowest BCUT2D eigenvalue weighted by molar-refractivity contribution is 0.121. The van der Waals surface area contributed by atoms with Gasteiger partial charge in [0.1, 0.15) is 5.67 Å². The van der Waals surface area contributed by atoms with Crippen LogP contribution in [0.3, 0.4) is 0 Å². The fourth-order valence-electron chi connectivity index (χ4n) is 1.46. The van der Waals surface area contributed by atoms with Crippen LogP contribution >= 0.6 is 0 Å². The molecule has 1 fully saturated rings. The van der Waals surface area contributed by atoms with Gasteiger partial charge >= 0.3 is 0 Å². The summed E-state index contributed by atoms with van der Waals surface area (Å²) in [4.78, 5) is 0. The zero-order valence-corrected chi connectivity index (χ0v) is 5.57. The lowest BCUT2D eigenvalue weighted by atomic mass is 10.0. The maximum Gasteiger partial charge on any atom is 0.113 e. The van der Waals surface area contributed by atoms with Crippen molar-refractivity contribution in [1.82, 2.24) is 0 Å². The normalized spacial score (nSPS) is 24.7. The molecule has 0 unspecified atom stereocenters. The zero-order chi connectivity index (χ0) is 6.74. The molecule has 0 aliphatic heterocycles. The molecule has 1 nitrogen and oxygen atoms in total. The quantitative estimate of drug-likeness (QED) is 0.605. The lowest BCUT2D eigenvalue weighted by Crippen LogP contribution is -2.18. The second-order valence-electron chi connectivity index (χ2n) is 2.83. The molecular weight excluding hydrogens is 119 g/mol. The van der Waals surface area contributed by atoms with Gasteiger partial charge in [-0.2, -0.15) is 0 Å². The predicted molar refractivity (Wildman–Crippen MR) is 34.0 cm³/mol. The first-order valence-corrected chi connectivity index (χ1v) is 3.57. The Hall–Kier alpha value is -0.110. The van der Waals surface area contributed by atoms with Gasteiger partial charge < -0.3 is 5.11 Å². The van der Waals surface area contributed by atoms with Crippen molar-refractivity contribution in [3.63, 3.8) is 0 Å². The molecule has 0 aromatic heterocycles. The summed E-state index contributed by atoms with van der Waals surface area (Å²) in [5, 5.41) is 8.45. The van der Waals surface area contributed by atoms with Gasteiger partial charge in [-0.1, -0.05) is 12.8 Å². The molecule has 0 aromatic carbocycles. The van der Waals surface area contributed by atoms with Crippen molar-refractivity contribution in [2.24, 2.45) is 0 Å². The summed E-state index contributed by atoms with van der Waals surface area (Å²) in [6, 6.07) is 0. The van der Waals surface area contributed by atoms with Gasteiger partial charge in [-0.05, 0) is 12.8 Å². The molecule has 0 heterocycles. The number of halogens is 1. The molecule has 0 spiro atoms. The Bertz CT molecular complexity index is 86.9. The molecule has 1 rings (SSSR count). The van der Waals surface area contributed by atoms with Gasteiger partial charge in [-0.25, -0.2) is 4.39 Å². The summed E-state index contributed by atoms with van der Waals surface area (Å²) in [5.74, 6) is 0. The average molecular weight is 132 g/mol. The number of rotatable bonds is 2.